The summed E-state index contributed by atoms with van der Waals surface area (Å²) in [5.74, 6) is -0.259. The van der Waals surface area contributed by atoms with Crippen LogP contribution in [0.5, 0.6) is 0 Å². The molecule has 7 nitrogen and oxygen atoms in total. The van der Waals surface area contributed by atoms with Crippen molar-refractivity contribution < 1.29 is 19.1 Å². The summed E-state index contributed by atoms with van der Waals surface area (Å²) in [7, 11) is 1.41. The molecule has 0 spiro atoms. The van der Waals surface area contributed by atoms with E-state index >= 15 is 0 Å². The molecular formula is C24H25N3O4. The number of para-hydroxylation sites is 1. The van der Waals surface area contributed by atoms with Gasteiger partial charge in [-0.25, -0.2) is 0 Å². The molecule has 2 aliphatic heterocycles. The molecule has 0 radical (unpaired) electrons. The number of aromatic nitrogens is 1. The molecular weight excluding hydrogens is 394 g/mol. The molecule has 2 N–H and O–H groups in total. The van der Waals surface area contributed by atoms with Crippen LogP contribution in [0.15, 0.2) is 48.5 Å². The van der Waals surface area contributed by atoms with Crippen molar-refractivity contribution >= 4 is 22.8 Å². The Balaban J connectivity index is 1.48. The number of aromatic amines is 1. The van der Waals surface area contributed by atoms with Crippen LogP contribution in [0.25, 0.3) is 10.9 Å². The van der Waals surface area contributed by atoms with Crippen LogP contribution in [0.3, 0.4) is 0 Å². The monoisotopic (exact) mass is 419 g/mol. The van der Waals surface area contributed by atoms with Crippen LogP contribution < -0.4 is 5.32 Å². The molecule has 160 valence electrons. The SMILES string of the molecule is COC(=O)[C@H]1Cc2c([nH]c3ccccc23)[C@H](c2ccc(C(=O)N3CCOCC3)cc2)N1. The topological polar surface area (TPSA) is 83.7 Å². The molecule has 3 heterocycles. The van der Waals surface area contributed by atoms with Crippen LogP contribution >= 0.6 is 0 Å². The third kappa shape index (κ3) is 3.60. The Morgan fingerprint density at radius 1 is 1.06 bits per heavy atom. The number of morpholine rings is 1. The molecule has 1 saturated heterocycles. The fraction of sp³-hybridized carbons (Fsp3) is 0.333. The number of fused-ring (bicyclic) bond motifs is 3. The van der Waals surface area contributed by atoms with Crippen LogP contribution in [0.1, 0.15) is 33.2 Å². The highest BCUT2D eigenvalue weighted by Gasteiger charge is 2.34. The Morgan fingerprint density at radius 2 is 1.81 bits per heavy atom. The molecule has 0 aliphatic carbocycles. The summed E-state index contributed by atoms with van der Waals surface area (Å²) >= 11 is 0. The van der Waals surface area contributed by atoms with Crippen LogP contribution in [-0.4, -0.2) is 61.2 Å². The van der Waals surface area contributed by atoms with Gasteiger partial charge < -0.3 is 19.4 Å². The summed E-state index contributed by atoms with van der Waals surface area (Å²) in [6.45, 7) is 2.38. The molecule has 2 aliphatic rings. The van der Waals surface area contributed by atoms with E-state index in [0.717, 1.165) is 27.7 Å². The molecule has 3 aromatic rings. The number of H-pyrrole nitrogens is 1. The highest BCUT2D eigenvalue weighted by Crippen LogP contribution is 2.35. The molecule has 0 bridgehead atoms. The van der Waals surface area contributed by atoms with Gasteiger partial charge in [0.05, 0.1) is 26.4 Å². The summed E-state index contributed by atoms with van der Waals surface area (Å²) in [6, 6.07) is 15.1. The van der Waals surface area contributed by atoms with E-state index in [4.69, 9.17) is 9.47 Å². The van der Waals surface area contributed by atoms with Crippen molar-refractivity contribution in [3.63, 3.8) is 0 Å². The lowest BCUT2D eigenvalue weighted by Crippen LogP contribution is -2.45. The van der Waals surface area contributed by atoms with Gasteiger partial charge in [0.1, 0.15) is 6.04 Å². The molecule has 31 heavy (non-hydrogen) atoms. The Bertz CT molecular complexity index is 1120. The summed E-state index contributed by atoms with van der Waals surface area (Å²) in [5, 5.41) is 4.55. The maximum Gasteiger partial charge on any atom is 0.323 e. The van der Waals surface area contributed by atoms with Crippen LogP contribution in [0, 0.1) is 0 Å². The minimum absolute atomic E-state index is 0.0187. The Labute approximate surface area is 180 Å². The first-order chi connectivity index (χ1) is 15.2. The zero-order chi connectivity index (χ0) is 21.4. The molecule has 5 rings (SSSR count). The zero-order valence-corrected chi connectivity index (χ0v) is 17.4. The average Bonchev–Trinajstić information content (AvgIpc) is 3.22. The second-order valence-electron chi connectivity index (χ2n) is 7.97. The van der Waals surface area contributed by atoms with Crippen molar-refractivity contribution in [3.05, 3.63) is 70.9 Å². The summed E-state index contributed by atoms with van der Waals surface area (Å²) in [6.07, 6.45) is 0.566. The fourth-order valence-corrected chi connectivity index (χ4v) is 4.56. The van der Waals surface area contributed by atoms with E-state index in [9.17, 15) is 9.59 Å². The predicted molar refractivity (Wildman–Crippen MR) is 116 cm³/mol. The third-order valence-corrected chi connectivity index (χ3v) is 6.19. The van der Waals surface area contributed by atoms with Crippen molar-refractivity contribution in [2.75, 3.05) is 33.4 Å². The lowest BCUT2D eigenvalue weighted by Gasteiger charge is -2.30. The highest BCUT2D eigenvalue weighted by atomic mass is 16.5. The Kier molecular flexibility index (Phi) is 5.21. The molecule has 2 aromatic carbocycles. The van der Waals surface area contributed by atoms with Crippen LogP contribution in [0.2, 0.25) is 0 Å². The molecule has 2 atom stereocenters. The number of ether oxygens (including phenoxy) is 2. The first-order valence-electron chi connectivity index (χ1n) is 10.6. The number of hydrogen-bond acceptors (Lipinski definition) is 5. The first-order valence-corrected chi connectivity index (χ1v) is 10.6. The summed E-state index contributed by atoms with van der Waals surface area (Å²) < 4.78 is 10.4. The van der Waals surface area contributed by atoms with E-state index in [0.29, 0.717) is 38.3 Å². The minimum Gasteiger partial charge on any atom is -0.468 e. The van der Waals surface area contributed by atoms with E-state index in [1.165, 1.54) is 7.11 Å². The van der Waals surface area contributed by atoms with Gasteiger partial charge in [-0.05, 0) is 29.3 Å². The van der Waals surface area contributed by atoms with Gasteiger partial charge in [0.25, 0.3) is 5.91 Å². The van der Waals surface area contributed by atoms with Gasteiger partial charge in [-0.1, -0.05) is 30.3 Å². The third-order valence-electron chi connectivity index (χ3n) is 6.19. The van der Waals surface area contributed by atoms with E-state index in [2.05, 4.69) is 16.4 Å². The van der Waals surface area contributed by atoms with E-state index in [1.807, 2.05) is 47.4 Å². The van der Waals surface area contributed by atoms with Crippen LogP contribution in [-0.2, 0) is 20.7 Å². The van der Waals surface area contributed by atoms with E-state index in [-0.39, 0.29) is 17.9 Å². The quantitative estimate of drug-likeness (QED) is 0.637. The highest BCUT2D eigenvalue weighted by molar-refractivity contribution is 5.94. The number of methoxy groups -OCH3 is 1. The number of benzene rings is 2. The van der Waals surface area contributed by atoms with Gasteiger partial charge in [-0.3, -0.25) is 14.9 Å². The number of nitrogens with zero attached hydrogens (tertiary/aromatic N) is 1. The molecule has 7 heteroatoms. The van der Waals surface area contributed by atoms with Crippen molar-refractivity contribution in [1.82, 2.24) is 15.2 Å². The number of carbonyl (C=O) groups excluding carboxylic acids is 2. The van der Waals surface area contributed by atoms with Gasteiger partial charge in [-0.15, -0.1) is 0 Å². The maximum atomic E-state index is 12.8. The summed E-state index contributed by atoms with van der Waals surface area (Å²) in [4.78, 5) is 30.5. The Morgan fingerprint density at radius 3 is 2.55 bits per heavy atom. The van der Waals surface area contributed by atoms with Crippen molar-refractivity contribution in [3.8, 4) is 0 Å². The molecule has 0 unspecified atom stereocenters. The number of rotatable bonds is 3. The van der Waals surface area contributed by atoms with Gasteiger partial charge >= 0.3 is 5.97 Å². The summed E-state index contributed by atoms with van der Waals surface area (Å²) in [5.41, 5.74) is 4.86. The smallest absolute Gasteiger partial charge is 0.323 e. The Hall–Kier alpha value is -3.16. The molecule has 1 fully saturated rings. The fourth-order valence-electron chi connectivity index (χ4n) is 4.56. The van der Waals surface area contributed by atoms with Gasteiger partial charge in [-0.2, -0.15) is 0 Å². The lowest BCUT2D eigenvalue weighted by atomic mass is 9.90. The zero-order valence-electron chi connectivity index (χ0n) is 17.4. The number of esters is 1. The predicted octanol–water partition coefficient (Wildman–Crippen LogP) is 2.42. The second kappa shape index (κ2) is 8.17. The largest absolute Gasteiger partial charge is 0.468 e. The lowest BCUT2D eigenvalue weighted by molar-refractivity contribution is -0.143. The number of carbonyl (C=O) groups is 2. The molecule has 0 saturated carbocycles. The molecule has 1 aromatic heterocycles. The normalized spacial score (nSPS) is 21.0. The first kappa shape index (κ1) is 19.8. The van der Waals surface area contributed by atoms with E-state index < -0.39 is 6.04 Å². The van der Waals surface area contributed by atoms with E-state index in [1.54, 1.807) is 0 Å². The van der Waals surface area contributed by atoms with Crippen LogP contribution in [0.4, 0.5) is 0 Å². The number of amides is 1. The number of nitrogens with one attached hydrogen (secondary N) is 2. The van der Waals surface area contributed by atoms with Gasteiger partial charge in [0.2, 0.25) is 0 Å². The maximum absolute atomic E-state index is 12.8. The van der Waals surface area contributed by atoms with Crippen molar-refractivity contribution in [2.45, 2.75) is 18.5 Å². The van der Waals surface area contributed by atoms with Gasteiger partial charge in [0, 0.05) is 41.7 Å². The average molecular weight is 419 g/mol. The van der Waals surface area contributed by atoms with Crippen molar-refractivity contribution in [1.29, 1.82) is 0 Å². The number of hydrogen-bond donors (Lipinski definition) is 2. The second-order valence-corrected chi connectivity index (χ2v) is 7.97. The van der Waals surface area contributed by atoms with Crippen molar-refractivity contribution in [2.24, 2.45) is 0 Å². The van der Waals surface area contributed by atoms with Gasteiger partial charge in [0.15, 0.2) is 0 Å². The molecule has 1 amide bonds. The minimum atomic E-state index is -0.434. The standard InChI is InChI=1S/C24H25N3O4/c1-30-24(29)20-14-18-17-4-2-3-5-19(17)25-22(18)21(26-20)15-6-8-16(9-7-15)23(28)27-10-12-31-13-11-27/h2-9,20-21,25-26H,10-14H2,1H3/t20-,21+/m1/s1.